The van der Waals surface area contributed by atoms with Gasteiger partial charge >= 0.3 is 5.97 Å². The molecule has 0 N–H and O–H groups in total. The minimum atomic E-state index is -0.510. The number of amides is 1. The molecule has 3 aromatic rings. The predicted molar refractivity (Wildman–Crippen MR) is 145 cm³/mol. The summed E-state index contributed by atoms with van der Waals surface area (Å²) in [5.41, 5.74) is 2.64. The number of benzene rings is 3. The monoisotopic (exact) mass is 566 g/mol. The number of nitrogens with zero attached hydrogens (tertiary/aromatic N) is 2. The summed E-state index contributed by atoms with van der Waals surface area (Å²) in [7, 11) is 2.86. The van der Waals surface area contributed by atoms with E-state index < -0.39 is 5.97 Å². The highest BCUT2D eigenvalue weighted by Gasteiger charge is 2.40. The normalized spacial score (nSPS) is 14.4. The number of hydrogen-bond donors (Lipinski definition) is 0. The number of methoxy groups -OCH3 is 2. The van der Waals surface area contributed by atoms with Gasteiger partial charge in [-0.3, -0.25) is 14.5 Å². The molecule has 0 unspecified atom stereocenters. The molecule has 1 aliphatic rings. The van der Waals surface area contributed by atoms with Crippen LogP contribution in [0.15, 0.2) is 83.0 Å². The summed E-state index contributed by atoms with van der Waals surface area (Å²) >= 11 is 9.00. The first-order chi connectivity index (χ1) is 17.4. The van der Waals surface area contributed by atoms with Crippen LogP contribution in [0.2, 0.25) is 0 Å². The van der Waals surface area contributed by atoms with Crippen LogP contribution in [0.5, 0.6) is 11.5 Å². The van der Waals surface area contributed by atoms with Crippen LogP contribution in [0.25, 0.3) is 6.08 Å². The lowest BCUT2D eigenvalue weighted by Gasteiger charge is -2.19. The Bertz CT molecular complexity index is 1290. The maximum atomic E-state index is 13.4. The Kier molecular flexibility index (Phi) is 8.02. The Labute approximate surface area is 223 Å². The van der Waals surface area contributed by atoms with Crippen molar-refractivity contribution in [1.82, 2.24) is 4.90 Å². The van der Waals surface area contributed by atoms with Crippen LogP contribution in [0.4, 0.5) is 5.69 Å². The topological polar surface area (TPSA) is 68.3 Å². The van der Waals surface area contributed by atoms with E-state index in [0.717, 1.165) is 15.6 Å². The molecular formula is C27H23BrN2O5S. The number of carbonyl (C=O) groups excluding carboxylic acids is 2. The van der Waals surface area contributed by atoms with E-state index in [-0.39, 0.29) is 23.3 Å². The van der Waals surface area contributed by atoms with Crippen molar-refractivity contribution < 1.29 is 23.8 Å². The molecule has 3 aromatic carbocycles. The molecule has 1 aliphatic heterocycles. The van der Waals surface area contributed by atoms with E-state index in [4.69, 9.17) is 26.4 Å². The molecule has 36 heavy (non-hydrogen) atoms. The molecule has 0 aliphatic carbocycles. The standard InChI is InChI=1S/C27H23BrN2O5S/c1-33-22-13-9-21(10-14-22)30-26(32)24(29(27(30)36)16-25(31)34-2)15-18-5-11-23(12-6-18)35-17-19-3-7-20(28)8-4-19/h3-15H,16-17H2,1-2H3/b24-15-. The summed E-state index contributed by atoms with van der Waals surface area (Å²) in [6.45, 7) is 0.248. The molecule has 0 bridgehead atoms. The number of thiocarbonyl (C=S) groups is 1. The number of carbonyl (C=O) groups is 2. The molecule has 1 heterocycles. The third-order valence-corrected chi connectivity index (χ3v) is 6.41. The molecule has 4 rings (SSSR count). The van der Waals surface area contributed by atoms with Gasteiger partial charge in [0.15, 0.2) is 5.11 Å². The first-order valence-corrected chi connectivity index (χ1v) is 12.2. The zero-order valence-corrected chi connectivity index (χ0v) is 22.0. The Hall–Kier alpha value is -3.69. The second kappa shape index (κ2) is 11.4. The largest absolute Gasteiger partial charge is 0.497 e. The Morgan fingerprint density at radius 2 is 1.58 bits per heavy atom. The molecule has 0 aromatic heterocycles. The Morgan fingerprint density at radius 1 is 0.944 bits per heavy atom. The van der Waals surface area contributed by atoms with E-state index in [1.54, 1.807) is 37.5 Å². The van der Waals surface area contributed by atoms with Gasteiger partial charge < -0.3 is 19.1 Å². The molecule has 0 radical (unpaired) electrons. The van der Waals surface area contributed by atoms with Gasteiger partial charge in [0.05, 0.1) is 19.9 Å². The fourth-order valence-electron chi connectivity index (χ4n) is 3.55. The van der Waals surface area contributed by atoms with Crippen molar-refractivity contribution in [1.29, 1.82) is 0 Å². The molecule has 1 amide bonds. The van der Waals surface area contributed by atoms with Crippen molar-refractivity contribution in [3.05, 3.63) is 94.1 Å². The summed E-state index contributed by atoms with van der Waals surface area (Å²) in [4.78, 5) is 28.4. The average Bonchev–Trinajstić information content (AvgIpc) is 3.13. The van der Waals surface area contributed by atoms with Crippen molar-refractivity contribution in [2.45, 2.75) is 6.61 Å². The number of esters is 1. The fourth-order valence-corrected chi connectivity index (χ4v) is 4.17. The molecule has 184 valence electrons. The van der Waals surface area contributed by atoms with Crippen molar-refractivity contribution >= 4 is 56.9 Å². The molecule has 7 nitrogen and oxygen atoms in total. The molecular weight excluding hydrogens is 544 g/mol. The Morgan fingerprint density at radius 3 is 2.19 bits per heavy atom. The number of halogens is 1. The van der Waals surface area contributed by atoms with Gasteiger partial charge in [0.25, 0.3) is 5.91 Å². The van der Waals surface area contributed by atoms with Gasteiger partial charge in [0.1, 0.15) is 30.3 Å². The van der Waals surface area contributed by atoms with Crippen LogP contribution in [-0.4, -0.2) is 42.7 Å². The van der Waals surface area contributed by atoms with Crippen molar-refractivity contribution in [2.24, 2.45) is 0 Å². The summed E-state index contributed by atoms with van der Waals surface area (Å²) < 4.78 is 16.9. The Balaban J connectivity index is 1.56. The lowest BCUT2D eigenvalue weighted by atomic mass is 10.1. The first-order valence-electron chi connectivity index (χ1n) is 11.0. The smallest absolute Gasteiger partial charge is 0.325 e. The maximum Gasteiger partial charge on any atom is 0.325 e. The predicted octanol–water partition coefficient (Wildman–Crippen LogP) is 5.18. The molecule has 1 fully saturated rings. The zero-order chi connectivity index (χ0) is 25.7. The third kappa shape index (κ3) is 5.75. The van der Waals surface area contributed by atoms with Gasteiger partial charge in [-0.2, -0.15) is 0 Å². The lowest BCUT2D eigenvalue weighted by molar-refractivity contribution is -0.140. The average molecular weight is 567 g/mol. The SMILES string of the molecule is COC(=O)CN1C(=S)N(c2ccc(OC)cc2)C(=O)/C1=C/c1ccc(OCc2ccc(Br)cc2)cc1. The molecule has 0 saturated carbocycles. The van der Waals surface area contributed by atoms with E-state index >= 15 is 0 Å². The zero-order valence-electron chi connectivity index (χ0n) is 19.6. The van der Waals surface area contributed by atoms with Gasteiger partial charge in [-0.25, -0.2) is 0 Å². The number of ether oxygens (including phenoxy) is 3. The second-order valence-corrected chi connectivity index (χ2v) is 9.08. The highest BCUT2D eigenvalue weighted by molar-refractivity contribution is 9.10. The van der Waals surface area contributed by atoms with Crippen molar-refractivity contribution in [3.8, 4) is 11.5 Å². The van der Waals surface area contributed by atoms with E-state index in [1.165, 1.54) is 16.9 Å². The van der Waals surface area contributed by atoms with E-state index in [1.807, 2.05) is 48.5 Å². The number of hydrogen-bond acceptors (Lipinski definition) is 6. The van der Waals surface area contributed by atoms with Crippen LogP contribution in [-0.2, 0) is 20.9 Å². The summed E-state index contributed by atoms with van der Waals surface area (Å²) in [5.74, 6) is 0.495. The number of rotatable bonds is 8. The first kappa shape index (κ1) is 25.4. The minimum Gasteiger partial charge on any atom is -0.497 e. The van der Waals surface area contributed by atoms with Crippen LogP contribution in [0, 0.1) is 0 Å². The van der Waals surface area contributed by atoms with Crippen LogP contribution in [0.1, 0.15) is 11.1 Å². The summed E-state index contributed by atoms with van der Waals surface area (Å²) in [6.07, 6.45) is 1.69. The van der Waals surface area contributed by atoms with Crippen LogP contribution < -0.4 is 14.4 Å². The van der Waals surface area contributed by atoms with Crippen molar-refractivity contribution in [2.75, 3.05) is 25.7 Å². The quantitative estimate of drug-likeness (QED) is 0.211. The van der Waals surface area contributed by atoms with Gasteiger partial charge in [-0.05, 0) is 78.0 Å². The second-order valence-electron chi connectivity index (χ2n) is 7.80. The van der Waals surface area contributed by atoms with Crippen molar-refractivity contribution in [3.63, 3.8) is 0 Å². The van der Waals surface area contributed by atoms with Gasteiger partial charge in [0, 0.05) is 4.47 Å². The van der Waals surface area contributed by atoms with E-state index in [0.29, 0.717) is 23.8 Å². The maximum absolute atomic E-state index is 13.4. The van der Waals surface area contributed by atoms with E-state index in [2.05, 4.69) is 15.9 Å². The molecule has 9 heteroatoms. The van der Waals surface area contributed by atoms with E-state index in [9.17, 15) is 9.59 Å². The van der Waals surface area contributed by atoms with Gasteiger partial charge in [-0.15, -0.1) is 0 Å². The fraction of sp³-hybridized carbons (Fsp3) is 0.148. The highest BCUT2D eigenvalue weighted by atomic mass is 79.9. The lowest BCUT2D eigenvalue weighted by Crippen LogP contribution is -2.35. The highest BCUT2D eigenvalue weighted by Crippen LogP contribution is 2.30. The third-order valence-electron chi connectivity index (χ3n) is 5.48. The van der Waals surface area contributed by atoms with Gasteiger partial charge in [-0.1, -0.05) is 40.2 Å². The van der Waals surface area contributed by atoms with Crippen LogP contribution >= 0.6 is 28.1 Å². The summed E-state index contributed by atoms with van der Waals surface area (Å²) in [6, 6.07) is 22.2. The molecule has 0 spiro atoms. The summed E-state index contributed by atoms with van der Waals surface area (Å²) in [5, 5.41) is 0.191. The minimum absolute atomic E-state index is 0.187. The molecule has 1 saturated heterocycles. The molecule has 0 atom stereocenters. The number of anilines is 1. The van der Waals surface area contributed by atoms with Gasteiger partial charge in [0.2, 0.25) is 0 Å². The van der Waals surface area contributed by atoms with Crippen LogP contribution in [0.3, 0.4) is 0 Å².